The predicted octanol–water partition coefficient (Wildman–Crippen LogP) is 3.08. The summed E-state index contributed by atoms with van der Waals surface area (Å²) in [6.07, 6.45) is 3.37. The van der Waals surface area contributed by atoms with Gasteiger partial charge in [-0.2, -0.15) is 4.98 Å². The van der Waals surface area contributed by atoms with Gasteiger partial charge in [0.15, 0.2) is 5.65 Å². The maximum absolute atomic E-state index is 14.4. The lowest BCUT2D eigenvalue weighted by molar-refractivity contribution is 0.414. The van der Waals surface area contributed by atoms with E-state index in [1.54, 1.807) is 24.3 Å². The molecule has 0 bridgehead atoms. The first-order chi connectivity index (χ1) is 16.5. The molecule has 1 saturated heterocycles. The molecule has 1 fully saturated rings. The van der Waals surface area contributed by atoms with E-state index in [9.17, 15) is 13.6 Å². The van der Waals surface area contributed by atoms with Gasteiger partial charge >= 0.3 is 5.69 Å². The lowest BCUT2D eigenvalue weighted by atomic mass is 10.1. The quantitative estimate of drug-likeness (QED) is 0.454. The first-order valence-corrected chi connectivity index (χ1v) is 11.1. The summed E-state index contributed by atoms with van der Waals surface area (Å²) >= 11 is 0. The van der Waals surface area contributed by atoms with Gasteiger partial charge in [-0.05, 0) is 50.2 Å². The monoisotopic (exact) mass is 466 g/mol. The number of methoxy groups -OCH3 is 1. The van der Waals surface area contributed by atoms with Crippen molar-refractivity contribution in [2.24, 2.45) is 0 Å². The average Bonchev–Trinajstić information content (AvgIpc) is 3.12. The second-order valence-electron chi connectivity index (χ2n) is 8.18. The molecule has 1 aliphatic heterocycles. The maximum atomic E-state index is 14.4. The van der Waals surface area contributed by atoms with Crippen molar-refractivity contribution in [1.29, 1.82) is 0 Å². The van der Waals surface area contributed by atoms with Gasteiger partial charge in [-0.25, -0.2) is 23.1 Å². The van der Waals surface area contributed by atoms with Gasteiger partial charge in [-0.3, -0.25) is 4.57 Å². The normalized spacial score (nSPS) is 14.4. The Balaban J connectivity index is 1.66. The average molecular weight is 466 g/mol. The van der Waals surface area contributed by atoms with Crippen LogP contribution in [-0.4, -0.2) is 45.3 Å². The number of aromatic nitrogens is 4. The van der Waals surface area contributed by atoms with E-state index in [2.05, 4.69) is 20.6 Å². The van der Waals surface area contributed by atoms with E-state index in [0.29, 0.717) is 28.5 Å². The van der Waals surface area contributed by atoms with Crippen LogP contribution < -0.4 is 21.1 Å². The van der Waals surface area contributed by atoms with Gasteiger partial charge in [0.05, 0.1) is 25.5 Å². The first-order valence-electron chi connectivity index (χ1n) is 11.1. The third kappa shape index (κ3) is 4.12. The molecule has 4 aromatic rings. The number of nitrogens with zero attached hydrogens (tertiary/aromatic N) is 4. The van der Waals surface area contributed by atoms with Crippen LogP contribution in [0.1, 0.15) is 18.4 Å². The number of hydrogen-bond donors (Lipinski definition) is 2. The fourth-order valence-electron chi connectivity index (χ4n) is 4.23. The summed E-state index contributed by atoms with van der Waals surface area (Å²) in [6.45, 7) is 1.51. The van der Waals surface area contributed by atoms with Gasteiger partial charge in [-0.1, -0.05) is 12.1 Å². The van der Waals surface area contributed by atoms with Crippen LogP contribution in [0.2, 0.25) is 0 Å². The number of benzene rings is 2. The minimum absolute atomic E-state index is 0.203. The van der Waals surface area contributed by atoms with Gasteiger partial charge in [0, 0.05) is 17.7 Å². The number of halogens is 2. The Morgan fingerprint density at radius 3 is 2.62 bits per heavy atom. The molecule has 2 N–H and O–H groups in total. The predicted molar refractivity (Wildman–Crippen MR) is 125 cm³/mol. The van der Waals surface area contributed by atoms with Gasteiger partial charge < -0.3 is 15.4 Å². The summed E-state index contributed by atoms with van der Waals surface area (Å²) in [4.78, 5) is 22.6. The van der Waals surface area contributed by atoms with Crippen LogP contribution in [0.4, 0.5) is 14.7 Å². The van der Waals surface area contributed by atoms with E-state index in [-0.39, 0.29) is 18.2 Å². The van der Waals surface area contributed by atoms with Crippen molar-refractivity contribution in [3.05, 3.63) is 76.3 Å². The fraction of sp³-hybridized carbons (Fsp3) is 0.292. The zero-order valence-corrected chi connectivity index (χ0v) is 18.6. The van der Waals surface area contributed by atoms with E-state index in [1.807, 2.05) is 0 Å². The molecule has 3 heterocycles. The highest BCUT2D eigenvalue weighted by Crippen LogP contribution is 2.23. The van der Waals surface area contributed by atoms with E-state index in [1.165, 1.54) is 40.6 Å². The Labute approximate surface area is 194 Å². The Morgan fingerprint density at radius 2 is 1.88 bits per heavy atom. The van der Waals surface area contributed by atoms with Crippen molar-refractivity contribution >= 4 is 17.1 Å². The van der Waals surface area contributed by atoms with Gasteiger partial charge in [0.1, 0.15) is 22.9 Å². The molecule has 0 amide bonds. The lowest BCUT2D eigenvalue weighted by Crippen LogP contribution is -2.35. The number of nitrogens with one attached hydrogen (secondary N) is 2. The van der Waals surface area contributed by atoms with Crippen molar-refractivity contribution in [2.45, 2.75) is 25.4 Å². The molecule has 2 aromatic carbocycles. The lowest BCUT2D eigenvalue weighted by Gasteiger charge is -2.23. The molecule has 8 nitrogen and oxygen atoms in total. The van der Waals surface area contributed by atoms with E-state index in [4.69, 9.17) is 4.74 Å². The summed E-state index contributed by atoms with van der Waals surface area (Å²) in [5.41, 5.74) is 0.534. The highest BCUT2D eigenvalue weighted by atomic mass is 19.1. The highest BCUT2D eigenvalue weighted by molar-refractivity contribution is 5.74. The summed E-state index contributed by atoms with van der Waals surface area (Å²) in [7, 11) is 1.54. The molecule has 0 unspecified atom stereocenters. The second kappa shape index (κ2) is 9.22. The van der Waals surface area contributed by atoms with Crippen molar-refractivity contribution in [3.8, 4) is 11.4 Å². The van der Waals surface area contributed by atoms with Crippen LogP contribution in [0.25, 0.3) is 16.9 Å². The van der Waals surface area contributed by atoms with Crippen molar-refractivity contribution in [2.75, 3.05) is 25.5 Å². The minimum atomic E-state index is -0.723. The molecule has 1 aliphatic rings. The Kier molecular flexibility index (Phi) is 5.97. The molecule has 0 aliphatic carbocycles. The van der Waals surface area contributed by atoms with E-state index < -0.39 is 17.3 Å². The number of fused-ring (bicyclic) bond motifs is 1. The maximum Gasteiger partial charge on any atom is 0.335 e. The van der Waals surface area contributed by atoms with E-state index >= 15 is 0 Å². The van der Waals surface area contributed by atoms with Crippen LogP contribution in [0.15, 0.2) is 53.5 Å². The molecule has 0 atom stereocenters. The van der Waals surface area contributed by atoms with Crippen molar-refractivity contribution < 1.29 is 13.5 Å². The van der Waals surface area contributed by atoms with Gasteiger partial charge in [-0.15, -0.1) is 0 Å². The van der Waals surface area contributed by atoms with Crippen molar-refractivity contribution in [3.63, 3.8) is 0 Å². The Morgan fingerprint density at radius 1 is 1.15 bits per heavy atom. The largest absolute Gasteiger partial charge is 0.497 e. The van der Waals surface area contributed by atoms with Crippen LogP contribution in [-0.2, 0) is 6.54 Å². The van der Waals surface area contributed by atoms with Crippen LogP contribution in [0, 0.1) is 11.6 Å². The summed E-state index contributed by atoms with van der Waals surface area (Å²) in [6, 6.07) is 10.8. The third-order valence-electron chi connectivity index (χ3n) is 6.04. The fourth-order valence-corrected chi connectivity index (χ4v) is 4.23. The standard InChI is InChI=1S/C24H24F2N6O2/c1-34-17-5-2-4-16(12-17)32-22-21(13-28-23(30-22)29-15-8-10-27-11-9-15)31(24(32)33)14-18-19(25)6-3-7-20(18)26/h2-7,12-13,15,27H,8-11,14H2,1H3,(H,28,29,30). The third-order valence-corrected chi connectivity index (χ3v) is 6.04. The zero-order chi connectivity index (χ0) is 23.7. The number of ether oxygens (including phenoxy) is 1. The van der Waals surface area contributed by atoms with Gasteiger partial charge in [0.2, 0.25) is 5.95 Å². The second-order valence-corrected chi connectivity index (χ2v) is 8.18. The number of anilines is 1. The topological polar surface area (TPSA) is 86.0 Å². The van der Waals surface area contributed by atoms with Crippen LogP contribution in [0.5, 0.6) is 5.75 Å². The summed E-state index contributed by atoms with van der Waals surface area (Å²) in [5, 5.41) is 6.65. The number of piperidine rings is 1. The SMILES string of the molecule is COc1cccc(-n2c(=O)n(Cc3c(F)cccc3F)c3cnc(NC4CCNCC4)nc32)c1. The van der Waals surface area contributed by atoms with Crippen molar-refractivity contribution in [1.82, 2.24) is 24.4 Å². The minimum Gasteiger partial charge on any atom is -0.497 e. The molecule has 0 spiro atoms. The molecule has 34 heavy (non-hydrogen) atoms. The van der Waals surface area contributed by atoms with Gasteiger partial charge in [0.25, 0.3) is 0 Å². The Hall–Kier alpha value is -3.79. The molecular weight excluding hydrogens is 442 g/mol. The number of imidazole rings is 1. The molecule has 5 rings (SSSR count). The van der Waals surface area contributed by atoms with Crippen LogP contribution >= 0.6 is 0 Å². The molecule has 0 saturated carbocycles. The smallest absolute Gasteiger partial charge is 0.335 e. The summed E-state index contributed by atoms with van der Waals surface area (Å²) < 4.78 is 36.8. The Bertz CT molecular complexity index is 1370. The van der Waals surface area contributed by atoms with E-state index in [0.717, 1.165) is 25.9 Å². The summed E-state index contributed by atoms with van der Waals surface area (Å²) in [5.74, 6) is -0.489. The molecular formula is C24H24F2N6O2. The molecule has 2 aromatic heterocycles. The first kappa shape index (κ1) is 22.0. The molecule has 176 valence electrons. The zero-order valence-electron chi connectivity index (χ0n) is 18.6. The highest BCUT2D eigenvalue weighted by Gasteiger charge is 2.21. The number of rotatable bonds is 6. The van der Waals surface area contributed by atoms with Crippen LogP contribution in [0.3, 0.4) is 0 Å². The number of hydrogen-bond acceptors (Lipinski definition) is 6. The molecule has 0 radical (unpaired) electrons. The molecule has 10 heteroatoms.